The van der Waals surface area contributed by atoms with E-state index >= 15 is 0 Å². The first-order valence-electron chi connectivity index (χ1n) is 6.33. The van der Waals surface area contributed by atoms with Crippen LogP contribution in [0.2, 0.25) is 0 Å². The fraction of sp³-hybridized carbons (Fsp3) is 0.200. The second-order valence-corrected chi connectivity index (χ2v) is 5.78. The van der Waals surface area contributed by atoms with Crippen molar-refractivity contribution < 1.29 is 4.79 Å². The molecule has 0 saturated heterocycles. The van der Waals surface area contributed by atoms with Gasteiger partial charge in [0.1, 0.15) is 0 Å². The number of rotatable bonds is 5. The number of thiocarbonyl (C=S) groups is 1. The van der Waals surface area contributed by atoms with Crippen molar-refractivity contribution in [3.63, 3.8) is 0 Å². The number of carbonyl (C=O) groups excluding carboxylic acids is 1. The molecule has 0 fully saturated rings. The van der Waals surface area contributed by atoms with E-state index in [2.05, 4.69) is 22.1 Å². The topological polar surface area (TPSA) is 41.1 Å². The molecular weight excluding hydrogens is 288 g/mol. The number of hydrogen-bond donors (Lipinski definition) is 2. The van der Waals surface area contributed by atoms with Crippen molar-refractivity contribution in [3.8, 4) is 0 Å². The number of anilines is 1. The van der Waals surface area contributed by atoms with E-state index in [4.69, 9.17) is 12.2 Å². The van der Waals surface area contributed by atoms with Crippen molar-refractivity contribution in [3.05, 3.63) is 52.2 Å². The second-order valence-electron chi connectivity index (χ2n) is 4.34. The zero-order valence-electron chi connectivity index (χ0n) is 11.2. The van der Waals surface area contributed by atoms with Gasteiger partial charge in [0.25, 0.3) is 0 Å². The molecule has 1 aromatic carbocycles. The summed E-state index contributed by atoms with van der Waals surface area (Å²) >= 11 is 6.98. The van der Waals surface area contributed by atoms with Gasteiger partial charge in [0.05, 0.1) is 0 Å². The molecule has 0 radical (unpaired) electrons. The Morgan fingerprint density at radius 3 is 2.60 bits per heavy atom. The molecule has 0 atom stereocenters. The summed E-state index contributed by atoms with van der Waals surface area (Å²) in [5, 5.41) is 8.93. The lowest BCUT2D eigenvalue weighted by molar-refractivity contribution is 0.101. The Morgan fingerprint density at radius 1 is 1.25 bits per heavy atom. The first kappa shape index (κ1) is 14.7. The van der Waals surface area contributed by atoms with Gasteiger partial charge < -0.3 is 10.6 Å². The molecule has 5 heteroatoms. The quantitative estimate of drug-likeness (QED) is 0.655. The van der Waals surface area contributed by atoms with Crippen LogP contribution < -0.4 is 10.6 Å². The second kappa shape index (κ2) is 7.17. The molecule has 0 aliphatic rings. The molecule has 0 aliphatic heterocycles. The summed E-state index contributed by atoms with van der Waals surface area (Å²) in [4.78, 5) is 12.5. The number of carbonyl (C=O) groups is 1. The monoisotopic (exact) mass is 304 g/mol. The first-order valence-corrected chi connectivity index (χ1v) is 7.62. The van der Waals surface area contributed by atoms with Crippen LogP contribution in [0.4, 0.5) is 5.69 Å². The summed E-state index contributed by atoms with van der Waals surface area (Å²) in [5.41, 5.74) is 1.58. The van der Waals surface area contributed by atoms with Crippen LogP contribution in [0.15, 0.2) is 41.8 Å². The van der Waals surface area contributed by atoms with Crippen molar-refractivity contribution in [2.75, 3.05) is 11.9 Å². The number of thiophene rings is 1. The van der Waals surface area contributed by atoms with Crippen LogP contribution in [0, 0.1) is 0 Å². The Hall–Kier alpha value is -1.72. The molecule has 1 aromatic heterocycles. The van der Waals surface area contributed by atoms with Gasteiger partial charge >= 0.3 is 0 Å². The third-order valence-corrected chi connectivity index (χ3v) is 3.97. The smallest absolute Gasteiger partial charge is 0.170 e. The molecule has 0 aliphatic carbocycles. The molecule has 20 heavy (non-hydrogen) atoms. The van der Waals surface area contributed by atoms with E-state index in [9.17, 15) is 4.79 Å². The highest BCUT2D eigenvalue weighted by atomic mass is 32.1. The summed E-state index contributed by atoms with van der Waals surface area (Å²) in [5.74, 6) is 0.0631. The minimum Gasteiger partial charge on any atom is -0.362 e. The number of benzene rings is 1. The highest BCUT2D eigenvalue weighted by Crippen LogP contribution is 2.10. The van der Waals surface area contributed by atoms with E-state index in [1.165, 1.54) is 4.88 Å². The van der Waals surface area contributed by atoms with Gasteiger partial charge in [-0.2, -0.15) is 0 Å². The predicted octanol–water partition coefficient (Wildman–Crippen LogP) is 3.48. The maximum Gasteiger partial charge on any atom is 0.170 e. The third kappa shape index (κ3) is 4.43. The average Bonchev–Trinajstić information content (AvgIpc) is 2.92. The van der Waals surface area contributed by atoms with Gasteiger partial charge in [-0.05, 0) is 61.3 Å². The van der Waals surface area contributed by atoms with Crippen LogP contribution in [0.5, 0.6) is 0 Å². The molecule has 2 N–H and O–H groups in total. The van der Waals surface area contributed by atoms with E-state index < -0.39 is 0 Å². The van der Waals surface area contributed by atoms with Crippen molar-refractivity contribution in [1.82, 2.24) is 5.32 Å². The zero-order valence-corrected chi connectivity index (χ0v) is 12.8. The summed E-state index contributed by atoms with van der Waals surface area (Å²) < 4.78 is 0. The first-order chi connectivity index (χ1) is 9.65. The Labute approximate surface area is 128 Å². The third-order valence-electron chi connectivity index (χ3n) is 2.79. The molecule has 0 unspecified atom stereocenters. The van der Waals surface area contributed by atoms with Gasteiger partial charge in [0.2, 0.25) is 0 Å². The zero-order chi connectivity index (χ0) is 14.4. The van der Waals surface area contributed by atoms with Crippen LogP contribution in [0.1, 0.15) is 22.2 Å². The summed E-state index contributed by atoms with van der Waals surface area (Å²) in [7, 11) is 0. The van der Waals surface area contributed by atoms with Gasteiger partial charge in [-0.25, -0.2) is 0 Å². The Bertz CT molecular complexity index is 576. The van der Waals surface area contributed by atoms with Gasteiger partial charge in [0.15, 0.2) is 10.9 Å². The summed E-state index contributed by atoms with van der Waals surface area (Å²) in [6.45, 7) is 2.36. The van der Waals surface area contributed by atoms with Crippen molar-refractivity contribution in [1.29, 1.82) is 0 Å². The summed E-state index contributed by atoms with van der Waals surface area (Å²) in [6.07, 6.45) is 0.961. The molecule has 1 heterocycles. The molecule has 3 nitrogen and oxygen atoms in total. The maximum absolute atomic E-state index is 11.2. The van der Waals surface area contributed by atoms with Crippen molar-refractivity contribution >= 4 is 40.1 Å². The lowest BCUT2D eigenvalue weighted by atomic mass is 10.1. The fourth-order valence-corrected chi connectivity index (χ4v) is 2.65. The van der Waals surface area contributed by atoms with E-state index in [1.54, 1.807) is 30.4 Å². The summed E-state index contributed by atoms with van der Waals surface area (Å²) in [6, 6.07) is 11.4. The van der Waals surface area contributed by atoms with Crippen LogP contribution in [-0.4, -0.2) is 17.4 Å². The number of nitrogens with one attached hydrogen (secondary N) is 2. The molecule has 0 amide bonds. The minimum atomic E-state index is 0.0631. The average molecular weight is 304 g/mol. The van der Waals surface area contributed by atoms with Crippen LogP contribution in [0.3, 0.4) is 0 Å². The number of hydrogen-bond acceptors (Lipinski definition) is 3. The van der Waals surface area contributed by atoms with Crippen LogP contribution in [0.25, 0.3) is 0 Å². The number of Topliss-reactive ketones (excluding diaryl/α,β-unsaturated/α-hetero) is 1. The van der Waals surface area contributed by atoms with Gasteiger partial charge in [0, 0.05) is 22.7 Å². The highest BCUT2D eigenvalue weighted by molar-refractivity contribution is 7.80. The molecule has 0 spiro atoms. The fourth-order valence-electron chi connectivity index (χ4n) is 1.72. The van der Waals surface area contributed by atoms with Crippen LogP contribution in [-0.2, 0) is 6.42 Å². The van der Waals surface area contributed by atoms with Crippen molar-refractivity contribution in [2.45, 2.75) is 13.3 Å². The lowest BCUT2D eigenvalue weighted by Gasteiger charge is -2.10. The highest BCUT2D eigenvalue weighted by Gasteiger charge is 2.01. The lowest BCUT2D eigenvalue weighted by Crippen LogP contribution is -2.30. The largest absolute Gasteiger partial charge is 0.362 e. The molecule has 2 aromatic rings. The molecule has 104 valence electrons. The molecule has 2 rings (SSSR count). The SMILES string of the molecule is CC(=O)c1ccc(NC(=S)NCCc2cccs2)cc1. The maximum atomic E-state index is 11.2. The van der Waals surface area contributed by atoms with Gasteiger partial charge in [-0.15, -0.1) is 11.3 Å². The Kier molecular flexibility index (Phi) is 5.26. The van der Waals surface area contributed by atoms with Gasteiger partial charge in [-0.1, -0.05) is 6.07 Å². The minimum absolute atomic E-state index is 0.0631. The molecular formula is C15H16N2OS2. The Morgan fingerprint density at radius 2 is 2.00 bits per heavy atom. The normalized spacial score (nSPS) is 10.1. The van der Waals surface area contributed by atoms with E-state index in [1.807, 2.05) is 18.2 Å². The van der Waals surface area contributed by atoms with E-state index in [0.717, 1.165) is 18.7 Å². The van der Waals surface area contributed by atoms with E-state index in [0.29, 0.717) is 10.7 Å². The van der Waals surface area contributed by atoms with E-state index in [-0.39, 0.29) is 5.78 Å². The van der Waals surface area contributed by atoms with Gasteiger partial charge in [-0.3, -0.25) is 4.79 Å². The standard InChI is InChI=1S/C15H16N2OS2/c1-11(18)12-4-6-13(7-5-12)17-15(19)16-9-8-14-3-2-10-20-14/h2-7,10H,8-9H2,1H3,(H2,16,17,19). The van der Waals surface area contributed by atoms with Crippen LogP contribution >= 0.6 is 23.6 Å². The van der Waals surface area contributed by atoms with Crippen molar-refractivity contribution in [2.24, 2.45) is 0 Å². The Balaban J connectivity index is 1.77. The predicted molar refractivity (Wildman–Crippen MR) is 88.7 cm³/mol. The molecule has 0 saturated carbocycles. The molecule has 0 bridgehead atoms. The number of ketones is 1.